The molecule has 130 valence electrons. The van der Waals surface area contributed by atoms with E-state index in [2.05, 4.69) is 15.4 Å². The number of hydrogen-bond donors (Lipinski definition) is 1. The van der Waals surface area contributed by atoms with Crippen molar-refractivity contribution in [3.05, 3.63) is 17.8 Å². The van der Waals surface area contributed by atoms with Crippen molar-refractivity contribution in [3.8, 4) is 0 Å². The third kappa shape index (κ3) is 3.06. The second-order valence-corrected chi connectivity index (χ2v) is 6.34. The molecule has 2 aromatic heterocycles. The maximum Gasteiger partial charge on any atom is 0.340 e. The first kappa shape index (κ1) is 17.6. The van der Waals surface area contributed by atoms with Gasteiger partial charge in [-0.05, 0) is 6.07 Å². The number of esters is 1. The molecule has 1 aromatic carbocycles. The van der Waals surface area contributed by atoms with Crippen LogP contribution in [0.1, 0.15) is 15.2 Å². The van der Waals surface area contributed by atoms with Crippen LogP contribution in [-0.2, 0) is 9.53 Å². The molecule has 11 heteroatoms. The van der Waals surface area contributed by atoms with Crippen molar-refractivity contribution in [2.24, 2.45) is 0 Å². The highest BCUT2D eigenvalue weighted by Crippen LogP contribution is 2.35. The monoisotopic (exact) mass is 400 g/mol. The summed E-state index contributed by atoms with van der Waals surface area (Å²) in [6, 6.07) is 1.47. The number of nitrogens with zero attached hydrogens (tertiary/aromatic N) is 3. The maximum absolute atomic E-state index is 12.1. The molecule has 0 radical (unpaired) electrons. The average molecular weight is 401 g/mol. The average Bonchev–Trinajstić information content (AvgIpc) is 3.22. The summed E-state index contributed by atoms with van der Waals surface area (Å²) in [5.74, 6) is -1.98. The zero-order valence-corrected chi connectivity index (χ0v) is 15.0. The van der Waals surface area contributed by atoms with Gasteiger partial charge in [-0.25, -0.2) is 9.78 Å². The van der Waals surface area contributed by atoms with E-state index in [-0.39, 0.29) is 22.5 Å². The Balaban J connectivity index is 2.30. The molecule has 0 saturated carbocycles. The first-order valence-electron chi connectivity index (χ1n) is 6.84. The summed E-state index contributed by atoms with van der Waals surface area (Å²) in [6.45, 7) is 0. The van der Waals surface area contributed by atoms with Crippen LogP contribution in [0.25, 0.3) is 21.1 Å². The largest absolute Gasteiger partial charge is 0.465 e. The van der Waals surface area contributed by atoms with Gasteiger partial charge in [0.25, 0.3) is 5.91 Å². The lowest BCUT2D eigenvalue weighted by molar-refractivity contribution is -0.113. The third-order valence-corrected chi connectivity index (χ3v) is 4.81. The number of amides is 1. The maximum atomic E-state index is 12.1. The van der Waals surface area contributed by atoms with Gasteiger partial charge in [-0.2, -0.15) is 9.78 Å². The number of halogens is 2. The van der Waals surface area contributed by atoms with E-state index in [1.54, 1.807) is 0 Å². The predicted octanol–water partition coefficient (Wildman–Crippen LogP) is 2.49. The first-order chi connectivity index (χ1) is 12.0. The number of nitrogens with one attached hydrogen (secondary N) is 1. The van der Waals surface area contributed by atoms with Gasteiger partial charge in [0.05, 0.1) is 34.6 Å². The van der Waals surface area contributed by atoms with E-state index in [9.17, 15) is 14.4 Å². The molecule has 1 N–H and O–H groups in total. The molecule has 0 bridgehead atoms. The van der Waals surface area contributed by atoms with Crippen molar-refractivity contribution in [2.75, 3.05) is 24.2 Å². The zero-order chi connectivity index (χ0) is 18.1. The number of methoxy groups -OCH3 is 1. The minimum Gasteiger partial charge on any atom is -0.465 e. The molecule has 3 rings (SSSR count). The van der Waals surface area contributed by atoms with Crippen LogP contribution in [0.2, 0.25) is 0 Å². The Labute approximate surface area is 154 Å². The van der Waals surface area contributed by atoms with Crippen molar-refractivity contribution < 1.29 is 19.1 Å². The zero-order valence-electron chi connectivity index (χ0n) is 12.7. The topological polar surface area (TPSA) is 103 Å². The summed E-state index contributed by atoms with van der Waals surface area (Å²) in [5.41, 5.74) is 0.890. The fraction of sp³-hybridized carbons (Fsp3) is 0.214. The molecule has 2 heterocycles. The molecule has 8 nitrogen and oxygen atoms in total. The van der Waals surface area contributed by atoms with Gasteiger partial charge in [-0.15, -0.1) is 23.2 Å². The van der Waals surface area contributed by atoms with Gasteiger partial charge in [0, 0.05) is 5.39 Å². The summed E-state index contributed by atoms with van der Waals surface area (Å²) in [7, 11) is 1.24. The number of alkyl halides is 2. The highest BCUT2D eigenvalue weighted by molar-refractivity contribution is 7.23. The normalized spacial score (nSPS) is 11.0. The lowest BCUT2D eigenvalue weighted by Gasteiger charge is -2.03. The SMILES string of the molecule is COC(=O)c1cc2c(cnn2C(=O)CCl)c2sc(NC(=O)CCl)nc12. The van der Waals surface area contributed by atoms with Gasteiger partial charge >= 0.3 is 5.97 Å². The van der Waals surface area contributed by atoms with Crippen molar-refractivity contribution in [1.29, 1.82) is 0 Å². The lowest BCUT2D eigenvalue weighted by Crippen LogP contribution is -2.13. The van der Waals surface area contributed by atoms with Crippen LogP contribution in [0.15, 0.2) is 12.3 Å². The number of anilines is 1. The molecule has 0 aliphatic rings. The standard InChI is InChI=1S/C14H10Cl2N4O4S/c1-24-13(23)6-2-8-7(5-17-20(8)10(22)4-16)12-11(6)19-14(25-12)18-9(21)3-15/h2,5H,3-4H2,1H3,(H,18,19,21). The molecule has 25 heavy (non-hydrogen) atoms. The molecular formula is C14H10Cl2N4O4S. The first-order valence-corrected chi connectivity index (χ1v) is 8.73. The smallest absolute Gasteiger partial charge is 0.340 e. The number of rotatable bonds is 4. The molecular weight excluding hydrogens is 391 g/mol. The Bertz CT molecular complexity index is 1010. The number of thiazole rings is 1. The third-order valence-electron chi connectivity index (χ3n) is 3.34. The van der Waals surface area contributed by atoms with Crippen LogP contribution in [-0.4, -0.2) is 51.4 Å². The van der Waals surface area contributed by atoms with Crippen molar-refractivity contribution in [1.82, 2.24) is 14.8 Å². The highest BCUT2D eigenvalue weighted by Gasteiger charge is 2.22. The van der Waals surface area contributed by atoms with Gasteiger partial charge in [-0.1, -0.05) is 11.3 Å². The van der Waals surface area contributed by atoms with Crippen LogP contribution < -0.4 is 5.32 Å². The number of aromatic nitrogens is 3. The Kier molecular flexibility index (Phi) is 4.89. The Morgan fingerprint density at radius 1 is 1.32 bits per heavy atom. The molecule has 0 fully saturated rings. The summed E-state index contributed by atoms with van der Waals surface area (Å²) >= 11 is 12.2. The van der Waals surface area contributed by atoms with Crippen LogP contribution in [0.4, 0.5) is 5.13 Å². The summed E-state index contributed by atoms with van der Waals surface area (Å²) in [6.07, 6.45) is 1.48. The van der Waals surface area contributed by atoms with E-state index in [0.29, 0.717) is 21.1 Å². The number of fused-ring (bicyclic) bond motifs is 3. The Hall–Kier alpha value is -2.23. The van der Waals surface area contributed by atoms with Crippen LogP contribution in [0.3, 0.4) is 0 Å². The quantitative estimate of drug-likeness (QED) is 0.532. The van der Waals surface area contributed by atoms with E-state index in [0.717, 1.165) is 16.0 Å². The molecule has 0 aliphatic carbocycles. The molecule has 0 atom stereocenters. The minimum absolute atomic E-state index is 0.150. The molecule has 0 aliphatic heterocycles. The van der Waals surface area contributed by atoms with Gasteiger partial charge in [0.15, 0.2) is 5.13 Å². The van der Waals surface area contributed by atoms with Gasteiger partial charge < -0.3 is 10.1 Å². The fourth-order valence-corrected chi connectivity index (χ4v) is 3.48. The predicted molar refractivity (Wildman–Crippen MR) is 94.9 cm³/mol. The van der Waals surface area contributed by atoms with Crippen molar-refractivity contribution in [3.63, 3.8) is 0 Å². The molecule has 0 unspecified atom stereocenters. The minimum atomic E-state index is -0.626. The second kappa shape index (κ2) is 6.95. The highest BCUT2D eigenvalue weighted by atomic mass is 35.5. The summed E-state index contributed by atoms with van der Waals surface area (Å²) in [4.78, 5) is 39.8. The van der Waals surface area contributed by atoms with Crippen LogP contribution in [0, 0.1) is 0 Å². The van der Waals surface area contributed by atoms with E-state index in [4.69, 9.17) is 27.9 Å². The van der Waals surface area contributed by atoms with E-state index < -0.39 is 17.8 Å². The molecule has 3 aromatic rings. The lowest BCUT2D eigenvalue weighted by atomic mass is 10.1. The van der Waals surface area contributed by atoms with Crippen LogP contribution in [0.5, 0.6) is 0 Å². The number of carbonyl (C=O) groups excluding carboxylic acids is 3. The van der Waals surface area contributed by atoms with E-state index in [1.807, 2.05) is 0 Å². The number of benzene rings is 1. The Morgan fingerprint density at radius 2 is 2.08 bits per heavy atom. The number of hydrogen-bond acceptors (Lipinski definition) is 7. The molecule has 1 amide bonds. The van der Waals surface area contributed by atoms with Gasteiger partial charge in [0.2, 0.25) is 5.91 Å². The van der Waals surface area contributed by atoms with Crippen molar-refractivity contribution >= 4 is 78.6 Å². The van der Waals surface area contributed by atoms with Gasteiger partial charge in [-0.3, -0.25) is 9.59 Å². The van der Waals surface area contributed by atoms with Gasteiger partial charge in [0.1, 0.15) is 11.8 Å². The number of carbonyl (C=O) groups is 3. The second-order valence-electron chi connectivity index (χ2n) is 4.81. The van der Waals surface area contributed by atoms with Crippen molar-refractivity contribution in [2.45, 2.75) is 0 Å². The van der Waals surface area contributed by atoms with E-state index in [1.165, 1.54) is 19.4 Å². The summed E-state index contributed by atoms with van der Waals surface area (Å²) in [5, 5.41) is 7.44. The van der Waals surface area contributed by atoms with Crippen LogP contribution >= 0.6 is 34.5 Å². The molecule has 0 spiro atoms. The number of ether oxygens (including phenoxy) is 1. The fourth-order valence-electron chi connectivity index (χ4n) is 2.29. The summed E-state index contributed by atoms with van der Waals surface area (Å²) < 4.78 is 6.48. The Morgan fingerprint density at radius 3 is 2.72 bits per heavy atom. The molecule has 0 saturated heterocycles. The van der Waals surface area contributed by atoms with E-state index >= 15 is 0 Å².